The van der Waals surface area contributed by atoms with Gasteiger partial charge in [0.05, 0.1) is 12.2 Å². The van der Waals surface area contributed by atoms with Crippen molar-refractivity contribution in [3.8, 4) is 0 Å². The van der Waals surface area contributed by atoms with Gasteiger partial charge in [0.2, 0.25) is 0 Å². The quantitative estimate of drug-likeness (QED) is 0.911. The number of hydrogen-bond donors (Lipinski definition) is 1. The largest absolute Gasteiger partial charge is 0.371 e. The van der Waals surface area contributed by atoms with Gasteiger partial charge in [-0.3, -0.25) is 0 Å². The zero-order valence-electron chi connectivity index (χ0n) is 11.5. The number of aromatic nitrogens is 1. The van der Waals surface area contributed by atoms with E-state index in [9.17, 15) is 4.39 Å². The maximum absolute atomic E-state index is 14.6. The minimum absolute atomic E-state index is 0.165. The molecule has 0 amide bonds. The number of fused-ring (bicyclic) bond motifs is 2. The van der Waals surface area contributed by atoms with Crippen LogP contribution in [0, 0.1) is 5.82 Å². The molecule has 5 heteroatoms. The molecule has 2 saturated heterocycles. The van der Waals surface area contributed by atoms with Crippen LogP contribution in [0.4, 0.5) is 10.2 Å². The molecule has 4 nitrogen and oxygen atoms in total. The SMILES string of the molecule is Fc1c(CNC2CC2)ccnc1N1CC2CCC(C1)O2. The second kappa shape index (κ2) is 4.97. The fraction of sp³-hybridized carbons (Fsp3) is 0.667. The van der Waals surface area contributed by atoms with E-state index < -0.39 is 0 Å². The lowest BCUT2D eigenvalue weighted by atomic mass is 10.2. The predicted octanol–water partition coefficient (Wildman–Crippen LogP) is 1.84. The Balaban J connectivity index is 1.53. The second-order valence-electron chi connectivity index (χ2n) is 6.13. The highest BCUT2D eigenvalue weighted by molar-refractivity contribution is 5.44. The van der Waals surface area contributed by atoms with Gasteiger partial charge in [0, 0.05) is 37.4 Å². The maximum atomic E-state index is 14.6. The molecule has 1 aliphatic carbocycles. The highest BCUT2D eigenvalue weighted by Crippen LogP contribution is 2.30. The lowest BCUT2D eigenvalue weighted by Gasteiger charge is -2.33. The average molecular weight is 277 g/mol. The summed E-state index contributed by atoms with van der Waals surface area (Å²) in [4.78, 5) is 6.33. The second-order valence-corrected chi connectivity index (χ2v) is 6.13. The number of nitrogens with zero attached hydrogens (tertiary/aromatic N) is 2. The van der Waals surface area contributed by atoms with E-state index in [1.807, 2.05) is 0 Å². The number of pyridine rings is 1. The summed E-state index contributed by atoms with van der Waals surface area (Å²) in [6.45, 7) is 2.13. The van der Waals surface area contributed by atoms with Gasteiger partial charge in [-0.05, 0) is 31.7 Å². The number of rotatable bonds is 4. The summed E-state index contributed by atoms with van der Waals surface area (Å²) >= 11 is 0. The Morgan fingerprint density at radius 2 is 2.00 bits per heavy atom. The van der Waals surface area contributed by atoms with Crippen LogP contribution in [-0.4, -0.2) is 36.3 Å². The molecular formula is C15H20FN3O. The van der Waals surface area contributed by atoms with Crippen molar-refractivity contribution < 1.29 is 9.13 Å². The van der Waals surface area contributed by atoms with Crippen molar-refractivity contribution in [2.75, 3.05) is 18.0 Å². The summed E-state index contributed by atoms with van der Waals surface area (Å²) in [5, 5.41) is 3.36. The molecule has 2 unspecified atom stereocenters. The molecular weight excluding hydrogens is 257 g/mol. The highest BCUT2D eigenvalue weighted by atomic mass is 19.1. The predicted molar refractivity (Wildman–Crippen MR) is 74.2 cm³/mol. The number of anilines is 1. The fourth-order valence-electron chi connectivity index (χ4n) is 3.16. The molecule has 0 radical (unpaired) electrons. The van der Waals surface area contributed by atoms with Gasteiger partial charge >= 0.3 is 0 Å². The number of ether oxygens (including phenoxy) is 1. The number of morpholine rings is 1. The van der Waals surface area contributed by atoms with Crippen molar-refractivity contribution >= 4 is 5.82 Å². The maximum Gasteiger partial charge on any atom is 0.170 e. The van der Waals surface area contributed by atoms with Crippen LogP contribution in [0.1, 0.15) is 31.2 Å². The third-order valence-corrected chi connectivity index (χ3v) is 4.45. The molecule has 1 aromatic heterocycles. The minimum Gasteiger partial charge on any atom is -0.371 e. The van der Waals surface area contributed by atoms with E-state index in [0.717, 1.165) is 31.5 Å². The molecule has 20 heavy (non-hydrogen) atoms. The molecule has 1 N–H and O–H groups in total. The van der Waals surface area contributed by atoms with Crippen molar-refractivity contribution in [2.24, 2.45) is 0 Å². The number of halogens is 1. The lowest BCUT2D eigenvalue weighted by Crippen LogP contribution is -2.43. The minimum atomic E-state index is -0.165. The van der Waals surface area contributed by atoms with Gasteiger partial charge in [-0.15, -0.1) is 0 Å². The monoisotopic (exact) mass is 277 g/mol. The normalized spacial score (nSPS) is 28.9. The van der Waals surface area contributed by atoms with E-state index in [0.29, 0.717) is 18.4 Å². The summed E-state index contributed by atoms with van der Waals surface area (Å²) in [5.41, 5.74) is 0.723. The van der Waals surface area contributed by atoms with E-state index in [4.69, 9.17) is 4.74 Å². The molecule has 1 aromatic rings. The first-order chi connectivity index (χ1) is 9.79. The molecule has 0 aromatic carbocycles. The van der Waals surface area contributed by atoms with Gasteiger partial charge in [-0.25, -0.2) is 9.37 Å². The van der Waals surface area contributed by atoms with Crippen LogP contribution >= 0.6 is 0 Å². The van der Waals surface area contributed by atoms with Crippen LogP contribution in [0.2, 0.25) is 0 Å². The van der Waals surface area contributed by atoms with E-state index in [1.165, 1.54) is 12.8 Å². The summed E-state index contributed by atoms with van der Waals surface area (Å²) in [7, 11) is 0. The summed E-state index contributed by atoms with van der Waals surface area (Å²) in [6, 6.07) is 2.37. The van der Waals surface area contributed by atoms with Crippen molar-refractivity contribution in [3.05, 3.63) is 23.6 Å². The van der Waals surface area contributed by atoms with Gasteiger partial charge in [0.15, 0.2) is 11.6 Å². The van der Waals surface area contributed by atoms with Gasteiger partial charge in [0.25, 0.3) is 0 Å². The molecule has 2 aliphatic heterocycles. The van der Waals surface area contributed by atoms with Gasteiger partial charge < -0.3 is 15.0 Å². The van der Waals surface area contributed by atoms with Crippen LogP contribution in [0.15, 0.2) is 12.3 Å². The molecule has 108 valence electrons. The lowest BCUT2D eigenvalue weighted by molar-refractivity contribution is 0.0300. The smallest absolute Gasteiger partial charge is 0.170 e. The Bertz CT molecular complexity index is 494. The molecule has 2 bridgehead atoms. The Kier molecular flexibility index (Phi) is 3.11. The van der Waals surface area contributed by atoms with Crippen LogP contribution in [0.25, 0.3) is 0 Å². The number of hydrogen-bond acceptors (Lipinski definition) is 4. The first-order valence-corrected chi connectivity index (χ1v) is 7.57. The molecule has 3 aliphatic rings. The van der Waals surface area contributed by atoms with Crippen molar-refractivity contribution in [1.82, 2.24) is 10.3 Å². The van der Waals surface area contributed by atoms with Crippen LogP contribution in [0.5, 0.6) is 0 Å². The summed E-state index contributed by atoms with van der Waals surface area (Å²) in [6.07, 6.45) is 6.84. The van der Waals surface area contributed by atoms with E-state index >= 15 is 0 Å². The van der Waals surface area contributed by atoms with Crippen LogP contribution in [0.3, 0.4) is 0 Å². The van der Waals surface area contributed by atoms with Gasteiger partial charge in [-0.2, -0.15) is 0 Å². The van der Waals surface area contributed by atoms with Crippen molar-refractivity contribution in [3.63, 3.8) is 0 Å². The van der Waals surface area contributed by atoms with Crippen molar-refractivity contribution in [1.29, 1.82) is 0 Å². The fourth-order valence-corrected chi connectivity index (χ4v) is 3.16. The molecule has 0 spiro atoms. The zero-order chi connectivity index (χ0) is 13.5. The van der Waals surface area contributed by atoms with E-state index in [-0.39, 0.29) is 18.0 Å². The summed E-state index contributed by atoms with van der Waals surface area (Å²) < 4.78 is 20.4. The third-order valence-electron chi connectivity index (χ3n) is 4.45. The van der Waals surface area contributed by atoms with Crippen molar-refractivity contribution in [2.45, 2.75) is 50.5 Å². The molecule has 3 heterocycles. The number of nitrogens with one attached hydrogen (secondary N) is 1. The van der Waals surface area contributed by atoms with Crippen LogP contribution in [-0.2, 0) is 11.3 Å². The topological polar surface area (TPSA) is 37.4 Å². The first kappa shape index (κ1) is 12.5. The first-order valence-electron chi connectivity index (χ1n) is 7.57. The Hall–Kier alpha value is -1.20. The molecule has 3 fully saturated rings. The van der Waals surface area contributed by atoms with E-state index in [1.54, 1.807) is 12.3 Å². The average Bonchev–Trinajstić information content (AvgIpc) is 3.22. The summed E-state index contributed by atoms with van der Waals surface area (Å²) in [5.74, 6) is 0.335. The molecule has 2 atom stereocenters. The standard InChI is InChI=1S/C15H20FN3O/c16-14-10(7-18-11-1-2-11)5-6-17-15(14)19-8-12-3-4-13(9-19)20-12/h5-6,11-13,18H,1-4,7-9H2. The van der Waals surface area contributed by atoms with E-state index in [2.05, 4.69) is 15.2 Å². The van der Waals surface area contributed by atoms with Gasteiger partial charge in [0.1, 0.15) is 0 Å². The van der Waals surface area contributed by atoms with Crippen LogP contribution < -0.4 is 10.2 Å². The highest BCUT2D eigenvalue weighted by Gasteiger charge is 2.35. The Labute approximate surface area is 118 Å². The van der Waals surface area contributed by atoms with Gasteiger partial charge in [-0.1, -0.05) is 0 Å². The third kappa shape index (κ3) is 2.40. The molecule has 1 saturated carbocycles. The Morgan fingerprint density at radius 1 is 1.25 bits per heavy atom. The molecule has 4 rings (SSSR count). The Morgan fingerprint density at radius 3 is 2.70 bits per heavy atom. The zero-order valence-corrected chi connectivity index (χ0v) is 11.5.